The van der Waals surface area contributed by atoms with Gasteiger partial charge in [0.15, 0.2) is 5.78 Å². The first kappa shape index (κ1) is 16.5. The van der Waals surface area contributed by atoms with E-state index in [-0.39, 0.29) is 11.6 Å². The number of fused-ring (bicyclic) bond motifs is 1. The van der Waals surface area contributed by atoms with Gasteiger partial charge >= 0.3 is 0 Å². The zero-order valence-corrected chi connectivity index (χ0v) is 14.3. The van der Waals surface area contributed by atoms with Gasteiger partial charge in [-0.1, -0.05) is 23.7 Å². The summed E-state index contributed by atoms with van der Waals surface area (Å²) in [6.45, 7) is 0.500. The first-order valence-electron chi connectivity index (χ1n) is 7.71. The van der Waals surface area contributed by atoms with Crippen molar-refractivity contribution in [3.8, 4) is 0 Å². The van der Waals surface area contributed by atoms with E-state index in [0.29, 0.717) is 40.5 Å². The molecule has 0 atom stereocenters. The van der Waals surface area contributed by atoms with E-state index in [9.17, 15) is 9.18 Å². The van der Waals surface area contributed by atoms with E-state index in [0.717, 1.165) is 0 Å². The number of hydrogen-bond acceptors (Lipinski definition) is 3. The second-order valence-corrected chi connectivity index (χ2v) is 6.40. The summed E-state index contributed by atoms with van der Waals surface area (Å²) in [6.07, 6.45) is 2.35. The molecule has 24 heavy (non-hydrogen) atoms. The van der Waals surface area contributed by atoms with Gasteiger partial charge in [0.05, 0.1) is 11.4 Å². The van der Waals surface area contributed by atoms with Crippen molar-refractivity contribution in [2.45, 2.75) is 6.42 Å². The summed E-state index contributed by atoms with van der Waals surface area (Å²) < 4.78 is 14.3. The van der Waals surface area contributed by atoms with Crippen LogP contribution in [-0.4, -0.2) is 31.3 Å². The van der Waals surface area contributed by atoms with Gasteiger partial charge in [-0.25, -0.2) is 4.39 Å². The Kier molecular flexibility index (Phi) is 4.58. The number of anilines is 2. The summed E-state index contributed by atoms with van der Waals surface area (Å²) in [6, 6.07) is 11.7. The van der Waals surface area contributed by atoms with Crippen LogP contribution < -0.4 is 4.90 Å². The smallest absolute Gasteiger partial charge is 0.192 e. The van der Waals surface area contributed by atoms with Gasteiger partial charge in [0.1, 0.15) is 5.82 Å². The van der Waals surface area contributed by atoms with Crippen LogP contribution >= 0.6 is 11.6 Å². The van der Waals surface area contributed by atoms with Crippen molar-refractivity contribution in [3.63, 3.8) is 0 Å². The average Bonchev–Trinajstić information content (AvgIpc) is 2.66. The van der Waals surface area contributed by atoms with Crippen molar-refractivity contribution in [1.82, 2.24) is 4.90 Å². The Balaban J connectivity index is 2.17. The number of benzene rings is 2. The molecule has 124 valence electrons. The second-order valence-electron chi connectivity index (χ2n) is 5.96. The van der Waals surface area contributed by atoms with Crippen LogP contribution in [0.25, 0.3) is 0 Å². The lowest BCUT2D eigenvalue weighted by molar-refractivity contribution is 0.103. The van der Waals surface area contributed by atoms with Gasteiger partial charge in [-0.3, -0.25) is 4.79 Å². The number of carbonyl (C=O) groups excluding carboxylic acids is 1. The Hall–Kier alpha value is -2.33. The van der Waals surface area contributed by atoms with Gasteiger partial charge in [-0.15, -0.1) is 0 Å². The highest BCUT2D eigenvalue weighted by atomic mass is 35.5. The molecule has 0 fully saturated rings. The summed E-state index contributed by atoms with van der Waals surface area (Å²) in [4.78, 5) is 16.6. The lowest BCUT2D eigenvalue weighted by atomic mass is 10.0. The fourth-order valence-electron chi connectivity index (χ4n) is 2.92. The van der Waals surface area contributed by atoms with Crippen molar-refractivity contribution in [2.75, 3.05) is 25.5 Å². The van der Waals surface area contributed by atoms with Gasteiger partial charge in [-0.05, 0) is 36.8 Å². The third-order valence-electron chi connectivity index (χ3n) is 3.95. The van der Waals surface area contributed by atoms with E-state index >= 15 is 0 Å². The van der Waals surface area contributed by atoms with E-state index in [4.69, 9.17) is 11.6 Å². The Morgan fingerprint density at radius 2 is 1.92 bits per heavy atom. The molecule has 0 aliphatic carbocycles. The maximum atomic E-state index is 14.3. The monoisotopic (exact) mass is 344 g/mol. The molecular formula is C19H18ClFN2O. The first-order chi connectivity index (χ1) is 11.5. The van der Waals surface area contributed by atoms with Crippen LogP contribution in [0.3, 0.4) is 0 Å². The average molecular weight is 345 g/mol. The molecule has 0 spiro atoms. The Bertz CT molecular complexity index is 817. The third kappa shape index (κ3) is 3.15. The standard InChI is InChI=1S/C19H18ClFN2O/c1-22(2)12-13-9-10-23(17-6-4-3-5-16(17)21)18-11-14(20)7-8-15(18)19(13)24/h3-8,11-12H,9-10H2,1-2H3. The highest BCUT2D eigenvalue weighted by molar-refractivity contribution is 6.31. The number of halogens is 2. The lowest BCUT2D eigenvalue weighted by Crippen LogP contribution is -2.19. The largest absolute Gasteiger partial charge is 0.383 e. The fraction of sp³-hybridized carbons (Fsp3) is 0.211. The van der Waals surface area contributed by atoms with Crippen molar-refractivity contribution >= 4 is 28.8 Å². The number of Topliss-reactive ketones (excluding diaryl/α,β-unsaturated/α-hetero) is 1. The molecular weight excluding hydrogens is 327 g/mol. The molecule has 0 N–H and O–H groups in total. The Morgan fingerprint density at radius 1 is 1.17 bits per heavy atom. The molecule has 1 aliphatic rings. The number of ketones is 1. The number of rotatable bonds is 2. The van der Waals surface area contributed by atoms with Gasteiger partial charge in [-0.2, -0.15) is 0 Å². The minimum Gasteiger partial charge on any atom is -0.383 e. The normalized spacial score (nSPS) is 16.1. The Morgan fingerprint density at radius 3 is 2.62 bits per heavy atom. The lowest BCUT2D eigenvalue weighted by Gasteiger charge is -2.25. The minimum atomic E-state index is -0.323. The number of nitrogens with zero attached hydrogens (tertiary/aromatic N) is 2. The molecule has 3 nitrogen and oxygen atoms in total. The third-order valence-corrected chi connectivity index (χ3v) is 4.18. The molecule has 1 heterocycles. The summed E-state index contributed by atoms with van der Waals surface area (Å²) in [5, 5.41) is 0.517. The van der Waals surface area contributed by atoms with Gasteiger partial charge in [0.2, 0.25) is 0 Å². The molecule has 0 bridgehead atoms. The zero-order valence-electron chi connectivity index (χ0n) is 13.6. The quantitative estimate of drug-likeness (QED) is 0.741. The number of carbonyl (C=O) groups is 1. The molecule has 5 heteroatoms. The van der Waals surface area contributed by atoms with Crippen LogP contribution in [-0.2, 0) is 0 Å². The summed E-state index contributed by atoms with van der Waals surface area (Å²) in [5.74, 6) is -0.370. The van der Waals surface area contributed by atoms with Crippen LogP contribution in [0.1, 0.15) is 16.8 Å². The predicted octanol–water partition coefficient (Wildman–Crippen LogP) is 4.65. The predicted molar refractivity (Wildman–Crippen MR) is 95.6 cm³/mol. The highest BCUT2D eigenvalue weighted by Crippen LogP contribution is 2.36. The van der Waals surface area contributed by atoms with Crippen molar-refractivity contribution in [2.24, 2.45) is 0 Å². The van der Waals surface area contributed by atoms with E-state index in [1.807, 2.05) is 30.1 Å². The van der Waals surface area contributed by atoms with E-state index < -0.39 is 0 Å². The molecule has 0 saturated heterocycles. The van der Waals surface area contributed by atoms with Crippen LogP contribution in [0.15, 0.2) is 54.2 Å². The Labute approximate surface area is 145 Å². The van der Waals surface area contributed by atoms with Crippen LogP contribution in [0.4, 0.5) is 15.8 Å². The first-order valence-corrected chi connectivity index (χ1v) is 8.08. The molecule has 0 aromatic heterocycles. The van der Waals surface area contributed by atoms with Crippen LogP contribution in [0.2, 0.25) is 5.02 Å². The molecule has 3 rings (SSSR count). The maximum absolute atomic E-state index is 14.3. The van der Waals surface area contributed by atoms with Crippen molar-refractivity contribution in [3.05, 3.63) is 70.6 Å². The fourth-order valence-corrected chi connectivity index (χ4v) is 3.08. The molecule has 0 unspecified atom stereocenters. The second kappa shape index (κ2) is 6.65. The van der Waals surface area contributed by atoms with Crippen LogP contribution in [0, 0.1) is 5.82 Å². The molecule has 0 saturated carbocycles. The molecule has 0 amide bonds. The molecule has 2 aromatic rings. The van der Waals surface area contributed by atoms with Gasteiger partial charge in [0, 0.05) is 43.0 Å². The zero-order chi connectivity index (χ0) is 17.3. The minimum absolute atomic E-state index is 0.0470. The van der Waals surface area contributed by atoms with E-state index in [2.05, 4.69) is 0 Å². The number of para-hydroxylation sites is 1. The molecule has 0 radical (unpaired) electrons. The molecule has 1 aliphatic heterocycles. The summed E-state index contributed by atoms with van der Waals surface area (Å²) in [7, 11) is 3.76. The molecule has 2 aromatic carbocycles. The summed E-state index contributed by atoms with van der Waals surface area (Å²) in [5.41, 5.74) is 2.32. The van der Waals surface area contributed by atoms with Gasteiger partial charge < -0.3 is 9.80 Å². The van der Waals surface area contributed by atoms with Crippen molar-refractivity contribution in [1.29, 1.82) is 0 Å². The van der Waals surface area contributed by atoms with E-state index in [1.165, 1.54) is 6.07 Å². The maximum Gasteiger partial charge on any atom is 0.192 e. The number of hydrogen-bond donors (Lipinski definition) is 0. The topological polar surface area (TPSA) is 23.6 Å². The van der Waals surface area contributed by atoms with E-state index in [1.54, 1.807) is 36.4 Å². The van der Waals surface area contributed by atoms with Gasteiger partial charge in [0.25, 0.3) is 0 Å². The highest BCUT2D eigenvalue weighted by Gasteiger charge is 2.27. The SMILES string of the molecule is CN(C)C=C1CCN(c2ccccc2F)c2cc(Cl)ccc2C1=O. The summed E-state index contributed by atoms with van der Waals surface area (Å²) >= 11 is 6.14. The van der Waals surface area contributed by atoms with Crippen molar-refractivity contribution < 1.29 is 9.18 Å². The van der Waals surface area contributed by atoms with Crippen LogP contribution in [0.5, 0.6) is 0 Å².